The molecule has 0 radical (unpaired) electrons. The van der Waals surface area contributed by atoms with E-state index in [1.165, 1.54) is 5.56 Å². The van der Waals surface area contributed by atoms with Crippen LogP contribution in [0.15, 0.2) is 46.9 Å². The van der Waals surface area contributed by atoms with Gasteiger partial charge >= 0.3 is 0 Å². The van der Waals surface area contributed by atoms with Gasteiger partial charge in [-0.2, -0.15) is 0 Å². The Hall–Kier alpha value is -1.32. The molecule has 0 aliphatic rings. The first-order chi connectivity index (χ1) is 8.19. The van der Waals surface area contributed by atoms with Crippen LogP contribution in [0.5, 0.6) is 11.5 Å². The Bertz CT molecular complexity index is 508. The summed E-state index contributed by atoms with van der Waals surface area (Å²) in [5.41, 5.74) is 7.90. The third-order valence-corrected chi connectivity index (χ3v) is 2.98. The molecular weight excluding hydrogens is 278 g/mol. The fraction of sp³-hybridized carbons (Fsp3) is 0.143. The SMILES string of the molecule is Cc1ccc(Oc2ccc(Br)cc2CN)cc1. The average Bonchev–Trinajstić information content (AvgIpc) is 2.34. The van der Waals surface area contributed by atoms with Gasteiger partial charge in [-0.25, -0.2) is 0 Å². The minimum absolute atomic E-state index is 0.459. The van der Waals surface area contributed by atoms with E-state index in [1.807, 2.05) is 42.5 Å². The zero-order chi connectivity index (χ0) is 12.3. The van der Waals surface area contributed by atoms with Crippen molar-refractivity contribution in [3.63, 3.8) is 0 Å². The van der Waals surface area contributed by atoms with Gasteiger partial charge in [-0.3, -0.25) is 0 Å². The molecule has 0 amide bonds. The van der Waals surface area contributed by atoms with E-state index >= 15 is 0 Å². The van der Waals surface area contributed by atoms with Crippen molar-refractivity contribution >= 4 is 15.9 Å². The largest absolute Gasteiger partial charge is 0.457 e. The number of aryl methyl sites for hydroxylation is 1. The normalized spacial score (nSPS) is 10.3. The fourth-order valence-electron chi connectivity index (χ4n) is 1.54. The smallest absolute Gasteiger partial charge is 0.131 e. The van der Waals surface area contributed by atoms with Crippen LogP contribution in [0.3, 0.4) is 0 Å². The number of hydrogen-bond donors (Lipinski definition) is 1. The van der Waals surface area contributed by atoms with E-state index < -0.39 is 0 Å². The summed E-state index contributed by atoms with van der Waals surface area (Å²) in [6, 6.07) is 13.8. The second-order valence-electron chi connectivity index (χ2n) is 3.87. The third kappa shape index (κ3) is 3.08. The van der Waals surface area contributed by atoms with E-state index in [4.69, 9.17) is 10.5 Å². The number of rotatable bonds is 3. The zero-order valence-electron chi connectivity index (χ0n) is 9.61. The van der Waals surface area contributed by atoms with Crippen LogP contribution >= 0.6 is 15.9 Å². The van der Waals surface area contributed by atoms with E-state index in [0.717, 1.165) is 21.5 Å². The van der Waals surface area contributed by atoms with E-state index in [-0.39, 0.29) is 0 Å². The van der Waals surface area contributed by atoms with Crippen LogP contribution in [-0.4, -0.2) is 0 Å². The quantitative estimate of drug-likeness (QED) is 0.927. The lowest BCUT2D eigenvalue weighted by molar-refractivity contribution is 0.476. The van der Waals surface area contributed by atoms with Crippen molar-refractivity contribution in [1.29, 1.82) is 0 Å². The predicted octanol–water partition coefficient (Wildman–Crippen LogP) is 4.01. The van der Waals surface area contributed by atoms with Crippen molar-refractivity contribution in [2.24, 2.45) is 5.73 Å². The molecule has 0 bridgehead atoms. The van der Waals surface area contributed by atoms with E-state index in [2.05, 4.69) is 22.9 Å². The summed E-state index contributed by atoms with van der Waals surface area (Å²) in [6.45, 7) is 2.51. The molecule has 0 heterocycles. The lowest BCUT2D eigenvalue weighted by Crippen LogP contribution is -1.99. The monoisotopic (exact) mass is 291 g/mol. The maximum absolute atomic E-state index is 5.81. The first kappa shape index (κ1) is 12.1. The lowest BCUT2D eigenvalue weighted by atomic mass is 10.2. The molecule has 2 N–H and O–H groups in total. The Morgan fingerprint density at radius 1 is 1.12 bits per heavy atom. The third-order valence-electron chi connectivity index (χ3n) is 2.49. The molecule has 0 atom stereocenters. The summed E-state index contributed by atoms with van der Waals surface area (Å²) in [7, 11) is 0. The van der Waals surface area contributed by atoms with E-state index in [0.29, 0.717) is 6.54 Å². The zero-order valence-corrected chi connectivity index (χ0v) is 11.2. The molecule has 0 aromatic heterocycles. The molecule has 0 saturated heterocycles. The van der Waals surface area contributed by atoms with Crippen LogP contribution in [0.2, 0.25) is 0 Å². The number of nitrogens with two attached hydrogens (primary N) is 1. The first-order valence-electron chi connectivity index (χ1n) is 5.42. The Kier molecular flexibility index (Phi) is 3.82. The van der Waals surface area contributed by atoms with Crippen LogP contribution in [-0.2, 0) is 6.54 Å². The van der Waals surface area contributed by atoms with Crippen LogP contribution in [0.25, 0.3) is 0 Å². The number of halogens is 1. The van der Waals surface area contributed by atoms with Gasteiger partial charge < -0.3 is 10.5 Å². The summed E-state index contributed by atoms with van der Waals surface area (Å²) in [4.78, 5) is 0. The minimum Gasteiger partial charge on any atom is -0.457 e. The van der Waals surface area contributed by atoms with Gasteiger partial charge in [0.25, 0.3) is 0 Å². The molecule has 2 nitrogen and oxygen atoms in total. The van der Waals surface area contributed by atoms with Crippen LogP contribution in [0.4, 0.5) is 0 Å². The molecule has 0 fully saturated rings. The average molecular weight is 292 g/mol. The van der Waals surface area contributed by atoms with E-state index in [9.17, 15) is 0 Å². The number of hydrogen-bond acceptors (Lipinski definition) is 2. The predicted molar refractivity (Wildman–Crippen MR) is 73.3 cm³/mol. The molecule has 0 aliphatic heterocycles. The topological polar surface area (TPSA) is 35.2 Å². The maximum Gasteiger partial charge on any atom is 0.131 e. The van der Waals surface area contributed by atoms with Crippen LogP contribution in [0.1, 0.15) is 11.1 Å². The van der Waals surface area contributed by atoms with Gasteiger partial charge in [-0.15, -0.1) is 0 Å². The molecule has 0 unspecified atom stereocenters. The molecule has 2 aromatic carbocycles. The summed E-state index contributed by atoms with van der Waals surface area (Å²) in [5.74, 6) is 1.63. The van der Waals surface area contributed by atoms with Crippen molar-refractivity contribution < 1.29 is 4.74 Å². The van der Waals surface area contributed by atoms with Crippen molar-refractivity contribution in [3.8, 4) is 11.5 Å². The highest BCUT2D eigenvalue weighted by atomic mass is 79.9. The Morgan fingerprint density at radius 2 is 1.82 bits per heavy atom. The van der Waals surface area contributed by atoms with Crippen LogP contribution in [0, 0.1) is 6.92 Å². The molecule has 0 saturated carbocycles. The Balaban J connectivity index is 2.26. The van der Waals surface area contributed by atoms with Crippen molar-refractivity contribution in [2.45, 2.75) is 13.5 Å². The van der Waals surface area contributed by atoms with Crippen molar-refractivity contribution in [3.05, 3.63) is 58.1 Å². The van der Waals surface area contributed by atoms with Gasteiger partial charge in [-0.1, -0.05) is 33.6 Å². The molecule has 88 valence electrons. The molecule has 3 heteroatoms. The molecule has 2 aromatic rings. The standard InChI is InChI=1S/C14H14BrNO/c1-10-2-5-13(6-3-10)17-14-7-4-12(15)8-11(14)9-16/h2-8H,9,16H2,1H3. The summed E-state index contributed by atoms with van der Waals surface area (Å²) in [6.07, 6.45) is 0. The highest BCUT2D eigenvalue weighted by Gasteiger charge is 2.04. The first-order valence-corrected chi connectivity index (χ1v) is 6.21. The molecule has 2 rings (SSSR count). The number of benzene rings is 2. The highest BCUT2D eigenvalue weighted by molar-refractivity contribution is 9.10. The van der Waals surface area contributed by atoms with Gasteiger partial charge in [0.1, 0.15) is 11.5 Å². The van der Waals surface area contributed by atoms with Gasteiger partial charge in [0, 0.05) is 16.6 Å². The van der Waals surface area contributed by atoms with Gasteiger partial charge in [0.2, 0.25) is 0 Å². The van der Waals surface area contributed by atoms with Crippen molar-refractivity contribution in [2.75, 3.05) is 0 Å². The second kappa shape index (κ2) is 5.34. The van der Waals surface area contributed by atoms with Gasteiger partial charge in [-0.05, 0) is 37.3 Å². The summed E-state index contributed by atoms with van der Waals surface area (Å²) in [5, 5.41) is 0. The highest BCUT2D eigenvalue weighted by Crippen LogP contribution is 2.27. The van der Waals surface area contributed by atoms with Gasteiger partial charge in [0.05, 0.1) is 0 Å². The molecule has 0 aliphatic carbocycles. The van der Waals surface area contributed by atoms with Gasteiger partial charge in [0.15, 0.2) is 0 Å². The summed E-state index contributed by atoms with van der Waals surface area (Å²) >= 11 is 3.42. The van der Waals surface area contributed by atoms with Crippen molar-refractivity contribution in [1.82, 2.24) is 0 Å². The minimum atomic E-state index is 0.459. The lowest BCUT2D eigenvalue weighted by Gasteiger charge is -2.10. The molecule has 17 heavy (non-hydrogen) atoms. The Labute approximate surface area is 110 Å². The number of ether oxygens (including phenoxy) is 1. The molecule has 0 spiro atoms. The van der Waals surface area contributed by atoms with E-state index in [1.54, 1.807) is 0 Å². The second-order valence-corrected chi connectivity index (χ2v) is 4.79. The Morgan fingerprint density at radius 3 is 2.47 bits per heavy atom. The molecular formula is C14H14BrNO. The maximum atomic E-state index is 5.81. The van der Waals surface area contributed by atoms with Crippen LogP contribution < -0.4 is 10.5 Å². The summed E-state index contributed by atoms with van der Waals surface area (Å²) < 4.78 is 6.82. The fourth-order valence-corrected chi connectivity index (χ4v) is 1.95.